The molecule has 0 saturated carbocycles. The summed E-state index contributed by atoms with van der Waals surface area (Å²) in [5, 5.41) is 18.1. The van der Waals surface area contributed by atoms with Crippen LogP contribution in [0, 0.1) is 11.3 Å². The molecule has 0 aliphatic rings. The molecule has 0 saturated heterocycles. The second-order valence-electron chi connectivity index (χ2n) is 2.82. The molecule has 1 rings (SSSR count). The maximum Gasteiger partial charge on any atom is 0.387 e. The number of nitrogens with zero attached hydrogens (tertiary/aromatic N) is 1. The van der Waals surface area contributed by atoms with E-state index in [0.717, 1.165) is 19.2 Å². The normalized spacial score (nSPS) is 9.82. The number of benzene rings is 1. The first-order valence-electron chi connectivity index (χ1n) is 4.30. The first-order valence-corrected chi connectivity index (χ1v) is 4.30. The van der Waals surface area contributed by atoms with Crippen LogP contribution in [-0.4, -0.2) is 24.8 Å². The third-order valence-electron chi connectivity index (χ3n) is 1.86. The van der Waals surface area contributed by atoms with Crippen molar-refractivity contribution >= 4 is 5.97 Å². The van der Waals surface area contributed by atoms with Crippen LogP contribution >= 0.6 is 0 Å². The van der Waals surface area contributed by atoms with Crippen LogP contribution in [0.1, 0.15) is 15.9 Å². The van der Waals surface area contributed by atoms with Crippen LogP contribution in [0.3, 0.4) is 0 Å². The van der Waals surface area contributed by atoms with Gasteiger partial charge in [-0.25, -0.2) is 4.79 Å². The van der Waals surface area contributed by atoms with E-state index in [1.807, 2.05) is 0 Å². The van der Waals surface area contributed by atoms with Crippen molar-refractivity contribution in [2.45, 2.75) is 6.61 Å². The number of hydrogen-bond acceptors (Lipinski definition) is 5. The molecule has 0 atom stereocenters. The number of nitriles is 1. The Morgan fingerprint density at radius 1 is 1.53 bits per heavy atom. The molecule has 0 fully saturated rings. The molecule has 5 nitrogen and oxygen atoms in total. The topological polar surface area (TPSA) is 79.6 Å². The third kappa shape index (κ3) is 2.60. The maximum absolute atomic E-state index is 12.1. The van der Waals surface area contributed by atoms with Crippen molar-refractivity contribution in [2.75, 3.05) is 7.11 Å². The molecule has 1 N–H and O–H groups in total. The second-order valence-corrected chi connectivity index (χ2v) is 2.82. The minimum Gasteiger partial charge on any atom is -0.504 e. The van der Waals surface area contributed by atoms with Crippen LogP contribution in [0.2, 0.25) is 0 Å². The molecule has 0 bridgehead atoms. The Labute approximate surface area is 94.8 Å². The van der Waals surface area contributed by atoms with Gasteiger partial charge in [-0.05, 0) is 12.1 Å². The predicted molar refractivity (Wildman–Crippen MR) is 50.8 cm³/mol. The third-order valence-corrected chi connectivity index (χ3v) is 1.86. The molecular weight excluding hydrogens is 236 g/mol. The molecule has 0 aliphatic carbocycles. The summed E-state index contributed by atoms with van der Waals surface area (Å²) in [5.41, 5.74) is -0.763. The quantitative estimate of drug-likeness (QED) is 0.816. The smallest absolute Gasteiger partial charge is 0.387 e. The number of phenolic OH excluding ortho intramolecular Hbond substituents is 1. The Balaban J connectivity index is 3.37. The molecule has 0 heterocycles. The number of carbonyl (C=O) groups excluding carboxylic acids is 1. The summed E-state index contributed by atoms with van der Waals surface area (Å²) < 4.78 is 32.5. The highest BCUT2D eigenvalue weighted by molar-refractivity contribution is 5.93. The molecule has 90 valence electrons. The van der Waals surface area contributed by atoms with E-state index < -0.39 is 29.6 Å². The van der Waals surface area contributed by atoms with E-state index in [0.29, 0.717) is 0 Å². The number of carbonyl (C=O) groups is 1. The highest BCUT2D eigenvalue weighted by Gasteiger charge is 2.22. The fraction of sp³-hybridized carbons (Fsp3) is 0.200. The zero-order chi connectivity index (χ0) is 13.0. The molecule has 0 unspecified atom stereocenters. The fourth-order valence-corrected chi connectivity index (χ4v) is 1.17. The van der Waals surface area contributed by atoms with Gasteiger partial charge in [0.05, 0.1) is 12.7 Å². The number of methoxy groups -OCH3 is 1. The van der Waals surface area contributed by atoms with Gasteiger partial charge in [0.25, 0.3) is 0 Å². The number of aromatic hydroxyl groups is 1. The van der Waals surface area contributed by atoms with Gasteiger partial charge < -0.3 is 14.6 Å². The summed E-state index contributed by atoms with van der Waals surface area (Å²) in [7, 11) is 1.07. The number of alkyl halides is 2. The molecule has 0 aromatic heterocycles. The second kappa shape index (κ2) is 5.12. The van der Waals surface area contributed by atoms with Crippen LogP contribution < -0.4 is 4.74 Å². The van der Waals surface area contributed by atoms with Gasteiger partial charge in [-0.3, -0.25) is 0 Å². The van der Waals surface area contributed by atoms with Crippen LogP contribution in [0.15, 0.2) is 12.1 Å². The maximum atomic E-state index is 12.1. The summed E-state index contributed by atoms with van der Waals surface area (Å²) in [4.78, 5) is 11.2. The first-order chi connectivity index (χ1) is 8.01. The Bertz CT molecular complexity index is 482. The highest BCUT2D eigenvalue weighted by Crippen LogP contribution is 2.33. The Morgan fingerprint density at radius 3 is 2.65 bits per heavy atom. The van der Waals surface area contributed by atoms with Gasteiger partial charge in [0.1, 0.15) is 11.6 Å². The number of phenols is 1. The first kappa shape index (κ1) is 12.7. The van der Waals surface area contributed by atoms with Gasteiger partial charge >= 0.3 is 12.6 Å². The zero-order valence-electron chi connectivity index (χ0n) is 8.61. The minimum atomic E-state index is -3.22. The number of halogens is 2. The van der Waals surface area contributed by atoms with E-state index in [4.69, 9.17) is 5.26 Å². The summed E-state index contributed by atoms with van der Waals surface area (Å²) in [6.45, 7) is -3.22. The monoisotopic (exact) mass is 243 g/mol. The molecule has 1 aromatic carbocycles. The minimum absolute atomic E-state index is 0.261. The standard InChI is InChI=1S/C10H7F2NO4/c1-16-9(15)5-2-3-7(14)8(6(5)4-13)17-10(11)12/h2-3,10,14H,1H3. The van der Waals surface area contributed by atoms with Crippen LogP contribution in [0.4, 0.5) is 8.78 Å². The van der Waals surface area contributed by atoms with Gasteiger partial charge in [0.15, 0.2) is 11.5 Å². The Kier molecular flexibility index (Phi) is 3.82. The lowest BCUT2D eigenvalue weighted by Gasteiger charge is -2.10. The lowest BCUT2D eigenvalue weighted by molar-refractivity contribution is -0.0515. The highest BCUT2D eigenvalue weighted by atomic mass is 19.3. The SMILES string of the molecule is COC(=O)c1ccc(O)c(OC(F)F)c1C#N. The van der Waals surface area contributed by atoms with Gasteiger partial charge in [0, 0.05) is 0 Å². The zero-order valence-corrected chi connectivity index (χ0v) is 8.61. The van der Waals surface area contributed by atoms with E-state index in [9.17, 15) is 18.7 Å². The molecular formula is C10H7F2NO4. The summed E-state index contributed by atoms with van der Waals surface area (Å²) in [6, 6.07) is 3.55. The molecule has 0 radical (unpaired) electrons. The molecule has 0 aliphatic heterocycles. The molecule has 17 heavy (non-hydrogen) atoms. The van der Waals surface area contributed by atoms with E-state index in [-0.39, 0.29) is 5.56 Å². The van der Waals surface area contributed by atoms with E-state index in [2.05, 4.69) is 9.47 Å². The average Bonchev–Trinajstić information content (AvgIpc) is 2.30. The van der Waals surface area contributed by atoms with Crippen LogP contribution in [-0.2, 0) is 4.74 Å². The van der Waals surface area contributed by atoms with Crippen molar-refractivity contribution in [2.24, 2.45) is 0 Å². The average molecular weight is 243 g/mol. The van der Waals surface area contributed by atoms with Crippen molar-refractivity contribution < 1.29 is 28.2 Å². The Morgan fingerprint density at radius 2 is 2.18 bits per heavy atom. The van der Waals surface area contributed by atoms with Crippen LogP contribution in [0.5, 0.6) is 11.5 Å². The number of rotatable bonds is 3. The number of ether oxygens (including phenoxy) is 2. The van der Waals surface area contributed by atoms with Crippen molar-refractivity contribution in [3.8, 4) is 17.6 Å². The van der Waals surface area contributed by atoms with E-state index >= 15 is 0 Å². The fourth-order valence-electron chi connectivity index (χ4n) is 1.17. The molecule has 0 spiro atoms. The molecule has 1 aromatic rings. The number of hydrogen-bond donors (Lipinski definition) is 1. The van der Waals surface area contributed by atoms with Gasteiger partial charge in [-0.2, -0.15) is 14.0 Å². The van der Waals surface area contributed by atoms with Crippen molar-refractivity contribution in [1.82, 2.24) is 0 Å². The molecule has 7 heteroatoms. The number of esters is 1. The largest absolute Gasteiger partial charge is 0.504 e. The predicted octanol–water partition coefficient (Wildman–Crippen LogP) is 1.65. The van der Waals surface area contributed by atoms with E-state index in [1.54, 1.807) is 0 Å². The van der Waals surface area contributed by atoms with Crippen molar-refractivity contribution in [3.63, 3.8) is 0 Å². The summed E-state index contributed by atoms with van der Waals surface area (Å²) in [6.07, 6.45) is 0. The summed E-state index contributed by atoms with van der Waals surface area (Å²) >= 11 is 0. The lowest BCUT2D eigenvalue weighted by atomic mass is 10.1. The van der Waals surface area contributed by atoms with Gasteiger partial charge in [0.2, 0.25) is 0 Å². The molecule has 0 amide bonds. The lowest BCUT2D eigenvalue weighted by Crippen LogP contribution is -2.09. The van der Waals surface area contributed by atoms with Crippen LogP contribution in [0.25, 0.3) is 0 Å². The van der Waals surface area contributed by atoms with Gasteiger partial charge in [-0.15, -0.1) is 0 Å². The summed E-state index contributed by atoms with van der Waals surface area (Å²) in [5.74, 6) is -2.29. The van der Waals surface area contributed by atoms with Crippen molar-refractivity contribution in [1.29, 1.82) is 5.26 Å². The Hall–Kier alpha value is -2.36. The van der Waals surface area contributed by atoms with E-state index in [1.165, 1.54) is 6.07 Å². The van der Waals surface area contributed by atoms with Gasteiger partial charge in [-0.1, -0.05) is 0 Å². The van der Waals surface area contributed by atoms with Crippen molar-refractivity contribution in [3.05, 3.63) is 23.3 Å².